The molecule has 0 amide bonds. The number of aryl methyl sites for hydroxylation is 1. The molecule has 0 bridgehead atoms. The highest BCUT2D eigenvalue weighted by atomic mass is 79.9. The maximum atomic E-state index is 3.73. The minimum atomic E-state index is 0.301. The molecule has 2 aromatic heterocycles. The van der Waals surface area contributed by atoms with Crippen molar-refractivity contribution >= 4 is 70.5 Å². The molecule has 0 saturated heterocycles. The molecule has 0 spiro atoms. The van der Waals surface area contributed by atoms with Gasteiger partial charge < -0.3 is 0 Å². The summed E-state index contributed by atoms with van der Waals surface area (Å²) in [6.07, 6.45) is 0. The highest BCUT2D eigenvalue weighted by Gasteiger charge is 2.15. The minimum Gasteiger partial charge on any atom is -0.143 e. The Bertz CT molecular complexity index is 453. The molecule has 0 aliphatic carbocycles. The molecule has 80 valence electrons. The normalized spacial score (nSPS) is 13.1. The Balaban J connectivity index is 2.31. The summed E-state index contributed by atoms with van der Waals surface area (Å²) < 4.78 is 2.37. The Morgan fingerprint density at radius 1 is 1.27 bits per heavy atom. The van der Waals surface area contributed by atoms with Crippen LogP contribution in [0.25, 0.3) is 0 Å². The zero-order valence-corrected chi connectivity index (χ0v) is 14.2. The van der Waals surface area contributed by atoms with Crippen LogP contribution in [0.4, 0.5) is 0 Å². The second kappa shape index (κ2) is 5.00. The molecule has 2 heterocycles. The maximum absolute atomic E-state index is 3.73. The number of alkyl halides is 1. The number of hydrogen-bond acceptors (Lipinski definition) is 2. The molecule has 0 saturated carbocycles. The zero-order valence-electron chi connectivity index (χ0n) is 7.76. The zero-order chi connectivity index (χ0) is 11.0. The largest absolute Gasteiger partial charge is 0.143 e. The van der Waals surface area contributed by atoms with Crippen molar-refractivity contribution < 1.29 is 0 Å². The Hall–Kier alpha value is 0.840. The summed E-state index contributed by atoms with van der Waals surface area (Å²) in [4.78, 5) is 2.96. The number of thiophene rings is 2. The van der Waals surface area contributed by atoms with E-state index in [1.54, 1.807) is 11.3 Å². The average Bonchev–Trinajstić information content (AvgIpc) is 2.74. The van der Waals surface area contributed by atoms with Crippen LogP contribution in [0.2, 0.25) is 0 Å². The van der Waals surface area contributed by atoms with E-state index in [1.807, 2.05) is 11.3 Å². The van der Waals surface area contributed by atoms with Crippen LogP contribution in [-0.2, 0) is 0 Å². The van der Waals surface area contributed by atoms with Gasteiger partial charge in [-0.25, -0.2) is 0 Å². The lowest BCUT2D eigenvalue weighted by molar-refractivity contribution is 1.24. The standard InChI is InChI=1S/C10H7Br3S2/c1-5-7(11)3-8(15-5)10(13)6-2-9(12)14-4-6/h2-4,10H,1H3. The monoisotopic (exact) mass is 428 g/mol. The summed E-state index contributed by atoms with van der Waals surface area (Å²) in [5, 5.41) is 2.17. The van der Waals surface area contributed by atoms with Gasteiger partial charge >= 0.3 is 0 Å². The average molecular weight is 431 g/mol. The van der Waals surface area contributed by atoms with Gasteiger partial charge in [-0.1, -0.05) is 15.9 Å². The van der Waals surface area contributed by atoms with E-state index < -0.39 is 0 Å². The molecule has 0 aromatic carbocycles. The maximum Gasteiger partial charge on any atom is 0.0746 e. The van der Waals surface area contributed by atoms with Crippen LogP contribution in [0, 0.1) is 6.92 Å². The van der Waals surface area contributed by atoms with Crippen molar-refractivity contribution in [1.82, 2.24) is 0 Å². The van der Waals surface area contributed by atoms with Gasteiger partial charge in [0, 0.05) is 14.2 Å². The van der Waals surface area contributed by atoms with Gasteiger partial charge in [0.2, 0.25) is 0 Å². The molecule has 0 aliphatic rings. The van der Waals surface area contributed by atoms with E-state index in [9.17, 15) is 0 Å². The summed E-state index contributed by atoms with van der Waals surface area (Å²) in [7, 11) is 0. The highest BCUT2D eigenvalue weighted by Crippen LogP contribution is 2.40. The predicted octanol–water partition coefficient (Wildman–Crippen LogP) is 6.13. The summed E-state index contributed by atoms with van der Waals surface area (Å²) in [6.45, 7) is 2.13. The Morgan fingerprint density at radius 2 is 2.00 bits per heavy atom. The first-order valence-electron chi connectivity index (χ1n) is 4.21. The molecule has 1 unspecified atom stereocenters. The molecule has 0 N–H and O–H groups in total. The van der Waals surface area contributed by atoms with Crippen molar-refractivity contribution in [3.8, 4) is 0 Å². The van der Waals surface area contributed by atoms with E-state index in [1.165, 1.54) is 23.6 Å². The second-order valence-corrected chi connectivity index (χ2v) is 8.45. The number of rotatable bonds is 2. The molecule has 15 heavy (non-hydrogen) atoms. The topological polar surface area (TPSA) is 0 Å². The van der Waals surface area contributed by atoms with Gasteiger partial charge in [-0.2, -0.15) is 0 Å². The van der Waals surface area contributed by atoms with Gasteiger partial charge in [-0.15, -0.1) is 22.7 Å². The molecule has 2 aromatic rings. The number of hydrogen-bond donors (Lipinski definition) is 0. The quantitative estimate of drug-likeness (QED) is 0.503. The summed E-state index contributed by atoms with van der Waals surface area (Å²) in [5.41, 5.74) is 1.31. The van der Waals surface area contributed by atoms with Crippen molar-refractivity contribution in [2.75, 3.05) is 0 Å². The molecule has 2 rings (SSSR count). The van der Waals surface area contributed by atoms with E-state index >= 15 is 0 Å². The Morgan fingerprint density at radius 3 is 2.47 bits per heavy atom. The minimum absolute atomic E-state index is 0.301. The van der Waals surface area contributed by atoms with Crippen LogP contribution in [0.15, 0.2) is 25.8 Å². The Labute approximate surface area is 122 Å². The molecule has 1 atom stereocenters. The van der Waals surface area contributed by atoms with Crippen molar-refractivity contribution in [3.05, 3.63) is 41.1 Å². The van der Waals surface area contributed by atoms with Gasteiger partial charge in [0.1, 0.15) is 0 Å². The smallest absolute Gasteiger partial charge is 0.0746 e. The summed E-state index contributed by atoms with van der Waals surface area (Å²) in [5.74, 6) is 0. The van der Waals surface area contributed by atoms with Gasteiger partial charge in [0.25, 0.3) is 0 Å². The van der Waals surface area contributed by atoms with E-state index in [4.69, 9.17) is 0 Å². The van der Waals surface area contributed by atoms with E-state index in [2.05, 4.69) is 72.2 Å². The molecule has 5 heteroatoms. The van der Waals surface area contributed by atoms with Crippen LogP contribution in [0.1, 0.15) is 20.1 Å². The van der Waals surface area contributed by atoms with Crippen LogP contribution in [-0.4, -0.2) is 0 Å². The van der Waals surface area contributed by atoms with E-state index in [0.29, 0.717) is 4.83 Å². The van der Waals surface area contributed by atoms with Gasteiger partial charge in [0.15, 0.2) is 0 Å². The predicted molar refractivity (Wildman–Crippen MR) is 79.5 cm³/mol. The van der Waals surface area contributed by atoms with Crippen LogP contribution >= 0.6 is 70.5 Å². The van der Waals surface area contributed by atoms with Gasteiger partial charge in [-0.05, 0) is 61.9 Å². The molecule has 0 radical (unpaired) electrons. The van der Waals surface area contributed by atoms with Crippen molar-refractivity contribution in [3.63, 3.8) is 0 Å². The van der Waals surface area contributed by atoms with Crippen LogP contribution < -0.4 is 0 Å². The number of halogens is 3. The van der Waals surface area contributed by atoms with E-state index in [0.717, 1.165) is 0 Å². The third-order valence-corrected chi connectivity index (χ3v) is 7.06. The lowest BCUT2D eigenvalue weighted by Gasteiger charge is -2.03. The molecule has 0 fully saturated rings. The van der Waals surface area contributed by atoms with E-state index in [-0.39, 0.29) is 0 Å². The Kier molecular flexibility index (Phi) is 4.10. The van der Waals surface area contributed by atoms with Crippen LogP contribution in [0.3, 0.4) is 0 Å². The first kappa shape index (κ1) is 12.3. The lowest BCUT2D eigenvalue weighted by Crippen LogP contribution is -1.84. The SMILES string of the molecule is Cc1sc(C(Br)c2csc(Br)c2)cc1Br. The summed E-state index contributed by atoms with van der Waals surface area (Å²) >= 11 is 14.3. The third kappa shape index (κ3) is 2.75. The molecule has 0 aliphatic heterocycles. The molecular weight excluding hydrogens is 424 g/mol. The van der Waals surface area contributed by atoms with Gasteiger partial charge in [0.05, 0.1) is 8.61 Å². The van der Waals surface area contributed by atoms with Crippen molar-refractivity contribution in [2.24, 2.45) is 0 Å². The fraction of sp³-hybridized carbons (Fsp3) is 0.200. The highest BCUT2D eigenvalue weighted by molar-refractivity contribution is 9.11. The fourth-order valence-electron chi connectivity index (χ4n) is 1.23. The molecule has 0 nitrogen and oxygen atoms in total. The van der Waals surface area contributed by atoms with Crippen molar-refractivity contribution in [1.29, 1.82) is 0 Å². The summed E-state index contributed by atoms with van der Waals surface area (Å²) in [6, 6.07) is 4.35. The third-order valence-electron chi connectivity index (χ3n) is 2.01. The lowest BCUT2D eigenvalue weighted by atomic mass is 10.2. The first-order chi connectivity index (χ1) is 7.08. The molecular formula is C10H7Br3S2. The fourth-order valence-corrected chi connectivity index (χ4v) is 4.85. The van der Waals surface area contributed by atoms with Crippen LogP contribution in [0.5, 0.6) is 0 Å². The second-order valence-electron chi connectivity index (χ2n) is 3.10. The first-order valence-corrected chi connectivity index (χ1v) is 8.41. The van der Waals surface area contributed by atoms with Gasteiger partial charge in [-0.3, -0.25) is 0 Å². The van der Waals surface area contributed by atoms with Crippen molar-refractivity contribution in [2.45, 2.75) is 11.8 Å².